The van der Waals surface area contributed by atoms with Gasteiger partial charge in [-0.3, -0.25) is 10.1 Å². The molecule has 1 amide bonds. The van der Waals surface area contributed by atoms with Crippen LogP contribution in [0.3, 0.4) is 0 Å². The van der Waals surface area contributed by atoms with Crippen LogP contribution >= 0.6 is 12.4 Å². The summed E-state index contributed by atoms with van der Waals surface area (Å²) in [5.74, 6) is -2.30. The SMILES string of the molecule is Cl.O=C(NCCC1CCCCC1)C1CC(F)(F)CN1. The average Bonchev–Trinajstić information content (AvgIpc) is 2.71. The summed E-state index contributed by atoms with van der Waals surface area (Å²) in [7, 11) is 0. The van der Waals surface area contributed by atoms with Crippen LogP contribution in [0.5, 0.6) is 0 Å². The molecule has 2 fully saturated rings. The van der Waals surface area contributed by atoms with E-state index >= 15 is 0 Å². The second kappa shape index (κ2) is 7.39. The van der Waals surface area contributed by atoms with Crippen LogP contribution in [-0.2, 0) is 4.79 Å². The van der Waals surface area contributed by atoms with E-state index < -0.39 is 12.0 Å². The highest BCUT2D eigenvalue weighted by Crippen LogP contribution is 2.26. The fourth-order valence-corrected chi connectivity index (χ4v) is 2.90. The van der Waals surface area contributed by atoms with Gasteiger partial charge in [0.15, 0.2) is 0 Å². The monoisotopic (exact) mass is 296 g/mol. The van der Waals surface area contributed by atoms with Gasteiger partial charge in [-0.2, -0.15) is 0 Å². The summed E-state index contributed by atoms with van der Waals surface area (Å²) in [6.45, 7) is 0.237. The van der Waals surface area contributed by atoms with Crippen molar-refractivity contribution >= 4 is 18.3 Å². The molecule has 1 aliphatic heterocycles. The van der Waals surface area contributed by atoms with E-state index in [2.05, 4.69) is 10.6 Å². The van der Waals surface area contributed by atoms with E-state index in [1.807, 2.05) is 0 Å². The topological polar surface area (TPSA) is 41.1 Å². The van der Waals surface area contributed by atoms with E-state index in [0.717, 1.165) is 6.42 Å². The van der Waals surface area contributed by atoms with Gasteiger partial charge in [-0.05, 0) is 12.3 Å². The Morgan fingerprint density at radius 3 is 2.53 bits per heavy atom. The number of amides is 1. The molecule has 0 spiro atoms. The summed E-state index contributed by atoms with van der Waals surface area (Å²) in [5, 5.41) is 5.35. The number of halogens is 3. The van der Waals surface area contributed by atoms with Crippen LogP contribution in [0.1, 0.15) is 44.9 Å². The molecule has 3 nitrogen and oxygen atoms in total. The molecule has 1 saturated carbocycles. The zero-order chi connectivity index (χ0) is 13.0. The van der Waals surface area contributed by atoms with Crippen molar-refractivity contribution in [3.63, 3.8) is 0 Å². The Labute approximate surface area is 119 Å². The van der Waals surface area contributed by atoms with Crippen LogP contribution in [0, 0.1) is 5.92 Å². The molecular weight excluding hydrogens is 274 g/mol. The minimum absolute atomic E-state index is 0. The van der Waals surface area contributed by atoms with Gasteiger partial charge in [-0.25, -0.2) is 8.78 Å². The van der Waals surface area contributed by atoms with Gasteiger partial charge in [-0.15, -0.1) is 12.4 Å². The average molecular weight is 297 g/mol. The first-order valence-electron chi connectivity index (χ1n) is 6.96. The molecule has 1 atom stereocenters. The van der Waals surface area contributed by atoms with E-state index in [0.29, 0.717) is 12.5 Å². The van der Waals surface area contributed by atoms with Crippen molar-refractivity contribution in [2.24, 2.45) is 5.92 Å². The highest BCUT2D eigenvalue weighted by Gasteiger charge is 2.42. The second-order valence-electron chi connectivity index (χ2n) is 5.58. The van der Waals surface area contributed by atoms with E-state index in [9.17, 15) is 13.6 Å². The molecule has 112 valence electrons. The van der Waals surface area contributed by atoms with E-state index in [-0.39, 0.29) is 31.3 Å². The smallest absolute Gasteiger partial charge is 0.262 e. The van der Waals surface area contributed by atoms with Gasteiger partial charge in [0.05, 0.1) is 12.6 Å². The lowest BCUT2D eigenvalue weighted by molar-refractivity contribution is -0.123. The molecule has 6 heteroatoms. The van der Waals surface area contributed by atoms with Gasteiger partial charge in [0.1, 0.15) is 0 Å². The molecule has 2 rings (SSSR count). The van der Waals surface area contributed by atoms with E-state index in [1.165, 1.54) is 32.1 Å². The molecule has 1 saturated heterocycles. The maximum atomic E-state index is 12.9. The van der Waals surface area contributed by atoms with Crippen LogP contribution in [0.25, 0.3) is 0 Å². The molecule has 0 aromatic rings. The second-order valence-corrected chi connectivity index (χ2v) is 5.58. The van der Waals surface area contributed by atoms with Gasteiger partial charge >= 0.3 is 0 Å². The zero-order valence-electron chi connectivity index (χ0n) is 11.1. The van der Waals surface area contributed by atoms with E-state index in [4.69, 9.17) is 0 Å². The Balaban J connectivity index is 0.00000180. The van der Waals surface area contributed by atoms with Crippen LogP contribution in [-0.4, -0.2) is 31.0 Å². The summed E-state index contributed by atoms with van der Waals surface area (Å²) in [5.41, 5.74) is 0. The van der Waals surface area contributed by atoms with Crippen molar-refractivity contribution in [3.05, 3.63) is 0 Å². The minimum atomic E-state index is -2.73. The van der Waals surface area contributed by atoms with Crippen LogP contribution < -0.4 is 10.6 Å². The summed E-state index contributed by atoms with van der Waals surface area (Å²) < 4.78 is 25.9. The third-order valence-electron chi connectivity index (χ3n) is 4.00. The first-order valence-corrected chi connectivity index (χ1v) is 6.96. The molecule has 19 heavy (non-hydrogen) atoms. The number of alkyl halides is 2. The van der Waals surface area contributed by atoms with Crippen molar-refractivity contribution in [1.82, 2.24) is 10.6 Å². The lowest BCUT2D eigenvalue weighted by atomic mass is 9.87. The Morgan fingerprint density at radius 1 is 1.26 bits per heavy atom. The molecule has 2 N–H and O–H groups in total. The first-order chi connectivity index (χ1) is 8.57. The maximum Gasteiger partial charge on any atom is 0.262 e. The quantitative estimate of drug-likeness (QED) is 0.837. The number of carbonyl (C=O) groups is 1. The lowest BCUT2D eigenvalue weighted by Gasteiger charge is -2.21. The Morgan fingerprint density at radius 2 is 1.95 bits per heavy atom. The maximum absolute atomic E-state index is 12.9. The molecule has 0 aromatic carbocycles. The van der Waals surface area contributed by atoms with Crippen molar-refractivity contribution in [1.29, 1.82) is 0 Å². The van der Waals surface area contributed by atoms with Crippen molar-refractivity contribution < 1.29 is 13.6 Å². The van der Waals surface area contributed by atoms with Crippen LogP contribution in [0.15, 0.2) is 0 Å². The highest BCUT2D eigenvalue weighted by molar-refractivity contribution is 5.85. The molecule has 1 unspecified atom stereocenters. The number of hydrogen-bond donors (Lipinski definition) is 2. The van der Waals surface area contributed by atoms with Crippen molar-refractivity contribution in [3.8, 4) is 0 Å². The van der Waals surface area contributed by atoms with Gasteiger partial charge in [0.2, 0.25) is 5.91 Å². The number of nitrogens with one attached hydrogen (secondary N) is 2. The Hall–Kier alpha value is -0.420. The predicted molar refractivity (Wildman–Crippen MR) is 72.8 cm³/mol. The number of carbonyl (C=O) groups excluding carboxylic acids is 1. The van der Waals surface area contributed by atoms with Gasteiger partial charge < -0.3 is 5.32 Å². The Kier molecular flexibility index (Phi) is 6.47. The van der Waals surface area contributed by atoms with Gasteiger partial charge in [0.25, 0.3) is 5.92 Å². The standard InChI is InChI=1S/C13H22F2N2O.ClH/c14-13(15)8-11(17-9-13)12(18)16-7-6-10-4-2-1-3-5-10;/h10-11,17H,1-9H2,(H,16,18);1H. The summed E-state index contributed by atoms with van der Waals surface area (Å²) in [6.07, 6.45) is 7.00. The summed E-state index contributed by atoms with van der Waals surface area (Å²) in [6, 6.07) is -0.716. The van der Waals surface area contributed by atoms with Crippen LogP contribution in [0.2, 0.25) is 0 Å². The molecular formula is C13H23ClF2N2O. The lowest BCUT2D eigenvalue weighted by Crippen LogP contribution is -2.41. The van der Waals surface area contributed by atoms with Crippen molar-refractivity contribution in [2.45, 2.75) is 56.9 Å². The zero-order valence-corrected chi connectivity index (χ0v) is 11.9. The third-order valence-corrected chi connectivity index (χ3v) is 4.00. The predicted octanol–water partition coefficient (Wildman–Crippen LogP) is 2.49. The minimum Gasteiger partial charge on any atom is -0.355 e. The van der Waals surface area contributed by atoms with E-state index in [1.54, 1.807) is 0 Å². The summed E-state index contributed by atoms with van der Waals surface area (Å²) in [4.78, 5) is 11.7. The third kappa shape index (κ3) is 5.22. The van der Waals surface area contributed by atoms with Gasteiger partial charge in [-0.1, -0.05) is 32.1 Å². The molecule has 0 radical (unpaired) electrons. The molecule has 0 bridgehead atoms. The fourth-order valence-electron chi connectivity index (χ4n) is 2.90. The highest BCUT2D eigenvalue weighted by atomic mass is 35.5. The van der Waals surface area contributed by atoms with Crippen LogP contribution in [0.4, 0.5) is 8.78 Å². The fraction of sp³-hybridized carbons (Fsp3) is 0.923. The molecule has 0 aromatic heterocycles. The first kappa shape index (κ1) is 16.6. The van der Waals surface area contributed by atoms with Gasteiger partial charge in [0, 0.05) is 13.0 Å². The summed E-state index contributed by atoms with van der Waals surface area (Å²) >= 11 is 0. The Bertz CT molecular complexity index is 296. The molecule has 1 heterocycles. The normalized spacial score (nSPS) is 26.7. The molecule has 2 aliphatic rings. The number of hydrogen-bond acceptors (Lipinski definition) is 2. The largest absolute Gasteiger partial charge is 0.355 e. The number of rotatable bonds is 4. The molecule has 1 aliphatic carbocycles. The van der Waals surface area contributed by atoms with Crippen molar-refractivity contribution in [2.75, 3.05) is 13.1 Å².